The van der Waals surface area contributed by atoms with Crippen molar-refractivity contribution in [2.75, 3.05) is 19.6 Å². The molecule has 2 aliphatic rings. The van der Waals surface area contributed by atoms with E-state index in [1.165, 1.54) is 43.5 Å². The third-order valence-electron chi connectivity index (χ3n) is 4.49. The van der Waals surface area contributed by atoms with Gasteiger partial charge in [-0.05, 0) is 48.8 Å². The van der Waals surface area contributed by atoms with E-state index in [9.17, 15) is 0 Å². The molecule has 1 aromatic rings. The lowest BCUT2D eigenvalue weighted by molar-refractivity contribution is 0.244. The van der Waals surface area contributed by atoms with Crippen molar-refractivity contribution in [2.45, 2.75) is 38.1 Å². The Balaban J connectivity index is 1.73. The van der Waals surface area contributed by atoms with E-state index in [1.54, 1.807) is 0 Å². The van der Waals surface area contributed by atoms with Crippen LogP contribution in [0.5, 0.6) is 0 Å². The summed E-state index contributed by atoms with van der Waals surface area (Å²) in [5, 5.41) is 0. The summed E-state index contributed by atoms with van der Waals surface area (Å²) in [7, 11) is 0. The molecule has 2 atom stereocenters. The van der Waals surface area contributed by atoms with E-state index in [-0.39, 0.29) is 0 Å². The van der Waals surface area contributed by atoms with Crippen LogP contribution in [0.3, 0.4) is 0 Å². The van der Waals surface area contributed by atoms with Crippen LogP contribution >= 0.6 is 0 Å². The lowest BCUT2D eigenvalue weighted by Crippen LogP contribution is -2.31. The summed E-state index contributed by atoms with van der Waals surface area (Å²) in [6.07, 6.45) is 4.07. The molecule has 2 unspecified atom stereocenters. The van der Waals surface area contributed by atoms with E-state index in [0.29, 0.717) is 6.04 Å². The molecule has 1 aliphatic carbocycles. The molecule has 1 heterocycles. The maximum absolute atomic E-state index is 6.00. The van der Waals surface area contributed by atoms with Crippen molar-refractivity contribution in [1.29, 1.82) is 0 Å². The second-order valence-electron chi connectivity index (χ2n) is 6.08. The van der Waals surface area contributed by atoms with Crippen molar-refractivity contribution in [2.24, 2.45) is 11.7 Å². The molecule has 2 nitrogen and oxygen atoms in total. The largest absolute Gasteiger partial charge is 0.329 e. The van der Waals surface area contributed by atoms with Gasteiger partial charge in [-0.15, -0.1) is 0 Å². The Kier molecular flexibility index (Phi) is 3.40. The summed E-state index contributed by atoms with van der Waals surface area (Å²) >= 11 is 0. The predicted molar refractivity (Wildman–Crippen MR) is 75.6 cm³/mol. The summed E-state index contributed by atoms with van der Waals surface area (Å²) < 4.78 is 0. The van der Waals surface area contributed by atoms with Gasteiger partial charge in [-0.3, -0.25) is 4.90 Å². The standard InChI is InChI=1S/C16H24N2/c1-12-8-9-18(11-12)16(10-17)15-6-4-14(5-7-15)13-2-3-13/h4-7,12-13,16H,2-3,8-11,17H2,1H3. The fraction of sp³-hybridized carbons (Fsp3) is 0.625. The lowest BCUT2D eigenvalue weighted by Gasteiger charge is -2.27. The van der Waals surface area contributed by atoms with Gasteiger partial charge in [0.15, 0.2) is 0 Å². The molecular weight excluding hydrogens is 220 g/mol. The maximum Gasteiger partial charge on any atom is 0.0470 e. The number of nitrogens with two attached hydrogens (primary N) is 1. The van der Waals surface area contributed by atoms with Crippen molar-refractivity contribution in [3.05, 3.63) is 35.4 Å². The first kappa shape index (κ1) is 12.2. The van der Waals surface area contributed by atoms with Crippen LogP contribution in [0.15, 0.2) is 24.3 Å². The Labute approximate surface area is 110 Å². The van der Waals surface area contributed by atoms with Crippen LogP contribution in [0.1, 0.15) is 49.3 Å². The average Bonchev–Trinajstić information content (AvgIpc) is 3.15. The first-order valence-corrected chi connectivity index (χ1v) is 7.32. The molecule has 2 fully saturated rings. The predicted octanol–water partition coefficient (Wildman–Crippen LogP) is 2.91. The van der Waals surface area contributed by atoms with Crippen LogP contribution in [0, 0.1) is 5.92 Å². The van der Waals surface area contributed by atoms with Crippen molar-refractivity contribution >= 4 is 0 Å². The molecular formula is C16H24N2. The number of likely N-dealkylation sites (tertiary alicyclic amines) is 1. The smallest absolute Gasteiger partial charge is 0.0470 e. The van der Waals surface area contributed by atoms with Gasteiger partial charge in [-0.1, -0.05) is 31.2 Å². The van der Waals surface area contributed by atoms with Gasteiger partial charge in [0, 0.05) is 19.1 Å². The number of nitrogens with zero attached hydrogens (tertiary/aromatic N) is 1. The van der Waals surface area contributed by atoms with E-state index in [2.05, 4.69) is 36.1 Å². The first-order valence-electron chi connectivity index (χ1n) is 7.32. The molecule has 3 rings (SSSR count). The van der Waals surface area contributed by atoms with E-state index in [4.69, 9.17) is 5.73 Å². The van der Waals surface area contributed by atoms with Crippen LogP contribution < -0.4 is 5.73 Å². The highest BCUT2D eigenvalue weighted by molar-refractivity contribution is 5.30. The third-order valence-corrected chi connectivity index (χ3v) is 4.49. The number of rotatable bonds is 4. The van der Waals surface area contributed by atoms with Gasteiger partial charge >= 0.3 is 0 Å². The molecule has 98 valence electrons. The van der Waals surface area contributed by atoms with E-state index >= 15 is 0 Å². The Hall–Kier alpha value is -0.860. The van der Waals surface area contributed by atoms with E-state index in [0.717, 1.165) is 18.4 Å². The molecule has 0 amide bonds. The second-order valence-corrected chi connectivity index (χ2v) is 6.08. The highest BCUT2D eigenvalue weighted by Crippen LogP contribution is 2.40. The first-order chi connectivity index (χ1) is 8.78. The zero-order chi connectivity index (χ0) is 12.5. The summed E-state index contributed by atoms with van der Waals surface area (Å²) in [5.41, 5.74) is 8.92. The molecule has 1 saturated heterocycles. The molecule has 0 spiro atoms. The topological polar surface area (TPSA) is 29.3 Å². The van der Waals surface area contributed by atoms with E-state index in [1.807, 2.05) is 0 Å². The van der Waals surface area contributed by atoms with Crippen molar-refractivity contribution in [1.82, 2.24) is 4.90 Å². The van der Waals surface area contributed by atoms with Crippen molar-refractivity contribution in [3.63, 3.8) is 0 Å². The minimum Gasteiger partial charge on any atom is -0.329 e. The van der Waals surface area contributed by atoms with Gasteiger partial charge in [-0.25, -0.2) is 0 Å². The van der Waals surface area contributed by atoms with E-state index < -0.39 is 0 Å². The molecule has 2 N–H and O–H groups in total. The normalized spacial score (nSPS) is 26.4. The minimum absolute atomic E-state index is 0.420. The van der Waals surface area contributed by atoms with Crippen molar-refractivity contribution in [3.8, 4) is 0 Å². The molecule has 0 radical (unpaired) electrons. The number of hydrogen-bond acceptors (Lipinski definition) is 2. The Bertz CT molecular complexity index is 394. The average molecular weight is 244 g/mol. The fourth-order valence-corrected chi connectivity index (χ4v) is 3.16. The maximum atomic E-state index is 6.00. The van der Waals surface area contributed by atoms with Crippen LogP contribution in [0.4, 0.5) is 0 Å². The quantitative estimate of drug-likeness (QED) is 0.882. The number of hydrogen-bond donors (Lipinski definition) is 1. The van der Waals surface area contributed by atoms with Crippen LogP contribution in [0.25, 0.3) is 0 Å². The Morgan fingerprint density at radius 3 is 2.44 bits per heavy atom. The molecule has 0 bridgehead atoms. The SMILES string of the molecule is CC1CCN(C(CN)c2ccc(C3CC3)cc2)C1. The van der Waals surface area contributed by atoms with Gasteiger partial charge in [0.1, 0.15) is 0 Å². The zero-order valence-electron chi connectivity index (χ0n) is 11.3. The molecule has 1 aliphatic heterocycles. The summed E-state index contributed by atoms with van der Waals surface area (Å²) in [4.78, 5) is 2.55. The molecule has 2 heteroatoms. The molecule has 1 aromatic carbocycles. The third kappa shape index (κ3) is 2.45. The minimum atomic E-state index is 0.420. The van der Waals surface area contributed by atoms with Crippen LogP contribution in [0.2, 0.25) is 0 Å². The fourth-order valence-electron chi connectivity index (χ4n) is 3.16. The second kappa shape index (κ2) is 5.02. The monoisotopic (exact) mass is 244 g/mol. The van der Waals surface area contributed by atoms with Gasteiger partial charge in [0.25, 0.3) is 0 Å². The van der Waals surface area contributed by atoms with Gasteiger partial charge in [0.2, 0.25) is 0 Å². The summed E-state index contributed by atoms with van der Waals surface area (Å²) in [6.45, 7) is 5.47. The van der Waals surface area contributed by atoms with Gasteiger partial charge < -0.3 is 5.73 Å². The van der Waals surface area contributed by atoms with Gasteiger partial charge in [-0.2, -0.15) is 0 Å². The lowest BCUT2D eigenvalue weighted by atomic mass is 10.0. The highest BCUT2D eigenvalue weighted by Gasteiger charge is 2.27. The summed E-state index contributed by atoms with van der Waals surface area (Å²) in [5.74, 6) is 1.67. The van der Waals surface area contributed by atoms with Gasteiger partial charge in [0.05, 0.1) is 0 Å². The van der Waals surface area contributed by atoms with Crippen LogP contribution in [-0.2, 0) is 0 Å². The molecule has 1 saturated carbocycles. The zero-order valence-corrected chi connectivity index (χ0v) is 11.3. The highest BCUT2D eigenvalue weighted by atomic mass is 15.2. The number of benzene rings is 1. The molecule has 0 aromatic heterocycles. The Morgan fingerprint density at radius 2 is 1.94 bits per heavy atom. The van der Waals surface area contributed by atoms with Crippen molar-refractivity contribution < 1.29 is 0 Å². The Morgan fingerprint density at radius 1 is 1.22 bits per heavy atom. The molecule has 18 heavy (non-hydrogen) atoms. The summed E-state index contributed by atoms with van der Waals surface area (Å²) in [6, 6.07) is 9.65. The van der Waals surface area contributed by atoms with Crippen LogP contribution in [-0.4, -0.2) is 24.5 Å².